The summed E-state index contributed by atoms with van der Waals surface area (Å²) in [7, 11) is 0. The standard InChI is InChI=1S/C43H62I5N5O8S8/c1-25-35(52(8-14-54,9-15-55)10-16-56)32(46)40(67)26(37(25)64)22-50(6-20-62)4-2-49(23-27-38(65)30(44)29(43(60)61)31(45)39(27)66)3-5-51(7-21-63)24-28-41(68)33(47)36(34(48)42(28)69)53(11-17-57,12-18-58)13-19-59/h54-59H,2-24H2,1H3,(H7-2,60,61,62,63,64,65,66,67,68,69)/p+2. The average molecular weight is 1670 g/mol. The summed E-state index contributed by atoms with van der Waals surface area (Å²) in [6.45, 7) is 8.18. The molecule has 0 amide bonds. The van der Waals surface area contributed by atoms with Crippen molar-refractivity contribution in [3.05, 3.63) is 45.7 Å². The van der Waals surface area contributed by atoms with Gasteiger partial charge in [0, 0.05) is 112 Å². The molecule has 0 heterocycles. The largest absolute Gasteiger partial charge is 0.478 e. The van der Waals surface area contributed by atoms with Crippen molar-refractivity contribution in [1.82, 2.24) is 23.7 Å². The molecule has 0 aromatic heterocycles. The van der Waals surface area contributed by atoms with Gasteiger partial charge in [-0.25, -0.2) is 4.79 Å². The molecule has 0 bridgehead atoms. The number of carboxylic acids is 1. The van der Waals surface area contributed by atoms with E-state index in [4.69, 9.17) is 75.8 Å². The first-order valence-corrected chi connectivity index (χ1v) is 31.1. The molecule has 0 fully saturated rings. The van der Waals surface area contributed by atoms with Crippen LogP contribution >= 0.6 is 214 Å². The Labute approximate surface area is 519 Å². The maximum absolute atomic E-state index is 12.4. The Balaban J connectivity index is 2.12. The van der Waals surface area contributed by atoms with E-state index >= 15 is 0 Å². The zero-order valence-corrected chi connectivity index (χ0v) is 55.9. The van der Waals surface area contributed by atoms with Crippen LogP contribution < -0.4 is 8.97 Å². The van der Waals surface area contributed by atoms with E-state index in [1.165, 1.54) is 0 Å². The normalized spacial score (nSPS) is 12.4. The molecular formula is C43H64I5N5O8S8+2. The third-order valence-corrected chi connectivity index (χ3v) is 23.2. The van der Waals surface area contributed by atoms with Gasteiger partial charge in [0.2, 0.25) is 0 Å². The predicted molar refractivity (Wildman–Crippen MR) is 347 cm³/mol. The van der Waals surface area contributed by atoms with Gasteiger partial charge in [0.1, 0.15) is 39.3 Å². The van der Waals surface area contributed by atoms with Crippen LogP contribution in [0.4, 0.5) is 11.4 Å². The van der Waals surface area contributed by atoms with Crippen LogP contribution in [0.1, 0.15) is 32.6 Å². The highest BCUT2D eigenvalue weighted by molar-refractivity contribution is 14.1. The topological polar surface area (TPSA) is 168 Å². The van der Waals surface area contributed by atoms with Gasteiger partial charge < -0.3 is 35.7 Å². The second-order valence-corrected chi connectivity index (χ2v) is 25.3. The minimum Gasteiger partial charge on any atom is -0.478 e. The lowest BCUT2D eigenvalue weighted by atomic mass is 10.0. The Hall–Kier alpha value is 3.14. The summed E-state index contributed by atoms with van der Waals surface area (Å²) in [6.07, 6.45) is 0. The van der Waals surface area contributed by atoms with Crippen molar-refractivity contribution < 1.29 is 40.5 Å². The van der Waals surface area contributed by atoms with Crippen molar-refractivity contribution in [2.24, 2.45) is 0 Å². The lowest BCUT2D eigenvalue weighted by Gasteiger charge is -2.39. The number of halogens is 5. The van der Waals surface area contributed by atoms with Crippen molar-refractivity contribution >= 4 is 231 Å². The van der Waals surface area contributed by atoms with Crippen LogP contribution in [-0.2, 0) is 19.6 Å². The van der Waals surface area contributed by atoms with Gasteiger partial charge in [0.15, 0.2) is 11.4 Å². The summed E-state index contributed by atoms with van der Waals surface area (Å²) in [5.41, 5.74) is 5.47. The fourth-order valence-electron chi connectivity index (χ4n) is 8.70. The van der Waals surface area contributed by atoms with E-state index < -0.39 is 5.97 Å². The van der Waals surface area contributed by atoms with Crippen molar-refractivity contribution in [2.45, 2.75) is 55.9 Å². The summed E-state index contributed by atoms with van der Waals surface area (Å²) in [4.78, 5) is 23.4. The number of thiol groups is 8. The van der Waals surface area contributed by atoms with Crippen LogP contribution in [-0.4, -0.2) is 186 Å². The molecule has 3 aromatic rings. The Bertz CT molecular complexity index is 2000. The Kier molecular flexibility index (Phi) is 31.1. The minimum atomic E-state index is -1.04. The summed E-state index contributed by atoms with van der Waals surface area (Å²) < 4.78 is 4.05. The number of aliphatic hydroxyl groups excluding tert-OH is 6. The molecular weight excluding hydrogens is 1610 g/mol. The lowest BCUT2D eigenvalue weighted by molar-refractivity contribution is 0.0693. The summed E-state index contributed by atoms with van der Waals surface area (Å²) >= 11 is 50.4. The van der Waals surface area contributed by atoms with Gasteiger partial charge in [-0.2, -0.15) is 25.3 Å². The molecule has 3 aromatic carbocycles. The lowest BCUT2D eigenvalue weighted by Crippen LogP contribution is -2.55. The van der Waals surface area contributed by atoms with Crippen molar-refractivity contribution in [3.8, 4) is 0 Å². The van der Waals surface area contributed by atoms with Crippen LogP contribution in [0.3, 0.4) is 0 Å². The molecule has 3 rings (SSSR count). The van der Waals surface area contributed by atoms with E-state index in [1.807, 2.05) is 6.92 Å². The molecule has 7 N–H and O–H groups in total. The number of aliphatic hydroxyl groups is 6. The number of aromatic carboxylic acids is 1. The maximum Gasteiger partial charge on any atom is 0.337 e. The second-order valence-electron chi connectivity index (χ2n) is 16.3. The summed E-state index contributed by atoms with van der Waals surface area (Å²) in [5.74, 6) is 0.121. The predicted octanol–water partition coefficient (Wildman–Crippen LogP) is 6.68. The number of quaternary nitrogens is 2. The van der Waals surface area contributed by atoms with Crippen LogP contribution in [0.15, 0.2) is 29.4 Å². The number of nitrogens with zero attached hydrogens (tertiary/aromatic N) is 5. The van der Waals surface area contributed by atoms with E-state index in [1.54, 1.807) is 0 Å². The molecule has 0 aliphatic rings. The monoisotopic (exact) mass is 1670 g/mol. The van der Waals surface area contributed by atoms with Crippen LogP contribution in [0, 0.1) is 24.8 Å². The van der Waals surface area contributed by atoms with Gasteiger partial charge in [0.05, 0.1) is 55.9 Å². The number of rotatable bonds is 31. The molecule has 0 aliphatic heterocycles. The smallest absolute Gasteiger partial charge is 0.337 e. The molecule has 69 heavy (non-hydrogen) atoms. The van der Waals surface area contributed by atoms with Crippen LogP contribution in [0.25, 0.3) is 0 Å². The van der Waals surface area contributed by atoms with E-state index in [-0.39, 0.29) is 54.2 Å². The molecule has 0 saturated heterocycles. The Morgan fingerprint density at radius 3 is 1.00 bits per heavy atom. The summed E-state index contributed by atoms with van der Waals surface area (Å²) in [5, 5.41) is 70.9. The van der Waals surface area contributed by atoms with Gasteiger partial charge in [-0.05, 0) is 137 Å². The fraction of sp³-hybridized carbons (Fsp3) is 0.558. The van der Waals surface area contributed by atoms with E-state index in [0.717, 1.165) is 63.9 Å². The number of benzene rings is 3. The zero-order chi connectivity index (χ0) is 52.0. The molecule has 0 radical (unpaired) electrons. The van der Waals surface area contributed by atoms with E-state index in [9.17, 15) is 40.5 Å². The Morgan fingerprint density at radius 1 is 0.449 bits per heavy atom. The van der Waals surface area contributed by atoms with Crippen molar-refractivity contribution in [2.75, 3.05) is 130 Å². The van der Waals surface area contributed by atoms with E-state index in [0.29, 0.717) is 127 Å². The maximum atomic E-state index is 12.4. The molecule has 26 heteroatoms. The van der Waals surface area contributed by atoms with Gasteiger partial charge in [0.25, 0.3) is 0 Å². The molecule has 0 atom stereocenters. The molecule has 0 saturated carbocycles. The first kappa shape index (κ1) is 66.4. The number of hydrogen-bond donors (Lipinski definition) is 15. The highest BCUT2D eigenvalue weighted by atomic mass is 127. The summed E-state index contributed by atoms with van der Waals surface area (Å²) in [6, 6.07) is 0. The minimum absolute atomic E-state index is 0.131. The SMILES string of the molecule is Cc1c(S)c(CN(CCS)CCN(CCN(CCS)Cc2c(S)c(I)c([N+](CCO)(CCO)CCO)c(I)c2S)Cc2c(S)c(I)c(C(=O)O)c(I)c2S)c(S)c(I)c1[N+](CCO)(CCO)CCO. The number of carbonyl (C=O) groups is 1. The van der Waals surface area contributed by atoms with Gasteiger partial charge in [-0.1, -0.05) is 0 Å². The van der Waals surface area contributed by atoms with Gasteiger partial charge in [-0.3, -0.25) is 23.7 Å². The highest BCUT2D eigenvalue weighted by Gasteiger charge is 2.38. The number of carboxylic acid groups (broad SMARTS) is 1. The molecule has 0 unspecified atom stereocenters. The van der Waals surface area contributed by atoms with Gasteiger partial charge >= 0.3 is 5.97 Å². The fourth-order valence-corrected chi connectivity index (χ4v) is 17.4. The quantitative estimate of drug-likeness (QED) is 0.0189. The van der Waals surface area contributed by atoms with Crippen LogP contribution in [0.2, 0.25) is 0 Å². The number of hydrogen-bond acceptors (Lipinski definition) is 18. The third kappa shape index (κ3) is 16.6. The first-order valence-electron chi connectivity index (χ1n) is 21.7. The highest BCUT2D eigenvalue weighted by Crippen LogP contribution is 2.45. The molecule has 13 nitrogen and oxygen atoms in total. The third-order valence-electron chi connectivity index (χ3n) is 12.3. The zero-order valence-electron chi connectivity index (χ0n) is 38.0. The second kappa shape index (κ2) is 32.3. The molecule has 0 aliphatic carbocycles. The average Bonchev–Trinajstić information content (AvgIpc) is 3.29. The van der Waals surface area contributed by atoms with Crippen molar-refractivity contribution in [3.63, 3.8) is 0 Å². The van der Waals surface area contributed by atoms with Crippen molar-refractivity contribution in [1.29, 1.82) is 0 Å². The van der Waals surface area contributed by atoms with Gasteiger partial charge in [-0.15, -0.1) is 75.8 Å². The molecule has 390 valence electrons. The molecule has 0 spiro atoms. The first-order chi connectivity index (χ1) is 32.7. The van der Waals surface area contributed by atoms with E-state index in [2.05, 4.69) is 153 Å². The van der Waals surface area contributed by atoms with Crippen LogP contribution in [0.5, 0.6) is 0 Å². The Morgan fingerprint density at radius 2 is 0.710 bits per heavy atom.